The molecule has 0 fully saturated rings. The van der Waals surface area contributed by atoms with Crippen molar-refractivity contribution in [3.63, 3.8) is 0 Å². The molecule has 0 N–H and O–H groups in total. The summed E-state index contributed by atoms with van der Waals surface area (Å²) in [6.07, 6.45) is 41.1. The van der Waals surface area contributed by atoms with Gasteiger partial charge in [-0.05, 0) is 51.4 Å². The van der Waals surface area contributed by atoms with E-state index < -0.39 is 32.5 Å². The number of unbranched alkanes of at least 4 members (excludes halogenated alkanes) is 12. The van der Waals surface area contributed by atoms with Gasteiger partial charge in [0, 0.05) is 12.8 Å². The smallest absolute Gasteiger partial charge is 0.306 e. The third-order valence-corrected chi connectivity index (χ3v) is 9.27. The van der Waals surface area contributed by atoms with E-state index in [1.807, 2.05) is 27.2 Å². The summed E-state index contributed by atoms with van der Waals surface area (Å²) in [5.41, 5.74) is 0. The fourth-order valence-electron chi connectivity index (χ4n) is 5.10. The van der Waals surface area contributed by atoms with Gasteiger partial charge >= 0.3 is 11.9 Å². The van der Waals surface area contributed by atoms with Crippen LogP contribution in [0.5, 0.6) is 0 Å². The predicted molar refractivity (Wildman–Crippen MR) is 217 cm³/mol. The molecular weight excluding hydrogens is 689 g/mol. The molecule has 0 aliphatic heterocycles. The summed E-state index contributed by atoms with van der Waals surface area (Å²) in [6, 6.07) is 0. The molecule has 53 heavy (non-hydrogen) atoms. The highest BCUT2D eigenvalue weighted by Crippen LogP contribution is 2.38. The molecule has 0 aliphatic rings. The zero-order valence-electron chi connectivity index (χ0n) is 34.2. The number of phosphoric ester groups is 1. The fraction of sp³-hybridized carbons (Fsp3) is 0.721. The first-order valence-corrected chi connectivity index (χ1v) is 22.0. The Kier molecular flexibility index (Phi) is 33.9. The molecule has 0 bridgehead atoms. The maximum absolute atomic E-state index is 12.6. The Morgan fingerprint density at radius 3 is 1.58 bits per heavy atom. The van der Waals surface area contributed by atoms with Crippen molar-refractivity contribution < 1.29 is 42.1 Å². The number of hydrogen-bond acceptors (Lipinski definition) is 8. The minimum Gasteiger partial charge on any atom is -0.756 e. The van der Waals surface area contributed by atoms with Crippen LogP contribution < -0.4 is 4.89 Å². The monoisotopic (exact) mass is 766 g/mol. The normalized spacial score (nSPS) is 14.3. The van der Waals surface area contributed by atoms with E-state index in [2.05, 4.69) is 68.5 Å². The van der Waals surface area contributed by atoms with Gasteiger partial charge < -0.3 is 27.9 Å². The lowest BCUT2D eigenvalue weighted by molar-refractivity contribution is -0.870. The molecule has 0 aromatic heterocycles. The highest BCUT2D eigenvalue weighted by atomic mass is 31.2. The van der Waals surface area contributed by atoms with E-state index >= 15 is 0 Å². The molecule has 0 amide bonds. The van der Waals surface area contributed by atoms with Crippen LogP contribution in [-0.2, 0) is 32.7 Å². The van der Waals surface area contributed by atoms with Crippen molar-refractivity contribution in [1.29, 1.82) is 0 Å². The van der Waals surface area contributed by atoms with Crippen molar-refractivity contribution in [1.82, 2.24) is 0 Å². The standard InChI is InChI=1S/C43H76NO8P/c1-6-8-10-12-14-16-18-20-21-22-23-24-26-27-29-31-33-35-42(45)49-39-41(40-51-53(47,48)50-38-37-44(3,4)5)52-43(46)36-34-32-30-28-25-19-17-15-13-11-9-7-2/h8,10,14,16,20-21,23-24,27,29,41H,6-7,9,11-13,15,17-19,22,25-26,28,30-40H2,1-5H3/b10-8+,16-14+,21-20+,24-23+,29-27+/t41-/m0/s1. The van der Waals surface area contributed by atoms with E-state index in [-0.39, 0.29) is 26.1 Å². The summed E-state index contributed by atoms with van der Waals surface area (Å²) in [4.78, 5) is 37.4. The summed E-state index contributed by atoms with van der Waals surface area (Å²) < 4.78 is 33.7. The molecule has 2 atom stereocenters. The second-order valence-corrected chi connectivity index (χ2v) is 16.0. The molecule has 0 saturated carbocycles. The lowest BCUT2D eigenvalue weighted by Crippen LogP contribution is -2.37. The van der Waals surface area contributed by atoms with E-state index in [1.165, 1.54) is 51.4 Å². The Morgan fingerprint density at radius 1 is 0.604 bits per heavy atom. The van der Waals surface area contributed by atoms with E-state index in [0.29, 0.717) is 23.9 Å². The van der Waals surface area contributed by atoms with Gasteiger partial charge in [-0.3, -0.25) is 14.2 Å². The van der Waals surface area contributed by atoms with Gasteiger partial charge in [-0.15, -0.1) is 0 Å². The van der Waals surface area contributed by atoms with Gasteiger partial charge in [0.15, 0.2) is 6.10 Å². The number of carbonyl (C=O) groups is 2. The lowest BCUT2D eigenvalue weighted by Gasteiger charge is -2.28. The molecule has 0 saturated heterocycles. The molecule has 0 spiro atoms. The first-order valence-electron chi connectivity index (χ1n) is 20.5. The average molecular weight is 766 g/mol. The Morgan fingerprint density at radius 2 is 1.08 bits per heavy atom. The number of rotatable bonds is 36. The third-order valence-electron chi connectivity index (χ3n) is 8.30. The van der Waals surface area contributed by atoms with Crippen molar-refractivity contribution >= 4 is 19.8 Å². The second kappa shape index (κ2) is 35.4. The highest BCUT2D eigenvalue weighted by Gasteiger charge is 2.21. The molecular formula is C43H76NO8P. The van der Waals surface area contributed by atoms with Crippen LogP contribution in [0.2, 0.25) is 0 Å². The number of allylic oxidation sites excluding steroid dienone is 10. The maximum Gasteiger partial charge on any atom is 0.306 e. The van der Waals surface area contributed by atoms with Gasteiger partial charge in [0.25, 0.3) is 7.82 Å². The molecule has 0 aromatic carbocycles. The maximum atomic E-state index is 12.6. The summed E-state index contributed by atoms with van der Waals surface area (Å²) >= 11 is 0. The first kappa shape index (κ1) is 50.7. The average Bonchev–Trinajstić information content (AvgIpc) is 3.10. The van der Waals surface area contributed by atoms with Gasteiger partial charge in [-0.1, -0.05) is 145 Å². The zero-order chi connectivity index (χ0) is 39.3. The minimum atomic E-state index is -4.63. The Hall–Kier alpha value is -2.29. The summed E-state index contributed by atoms with van der Waals surface area (Å²) in [5, 5.41) is 0. The number of hydrogen-bond donors (Lipinski definition) is 0. The van der Waals surface area contributed by atoms with Crippen molar-refractivity contribution in [3.05, 3.63) is 60.8 Å². The van der Waals surface area contributed by atoms with Gasteiger partial charge in [-0.2, -0.15) is 0 Å². The second-order valence-electron chi connectivity index (χ2n) is 14.6. The van der Waals surface area contributed by atoms with E-state index in [1.54, 1.807) is 0 Å². The van der Waals surface area contributed by atoms with E-state index in [4.69, 9.17) is 18.5 Å². The van der Waals surface area contributed by atoms with Crippen LogP contribution in [0, 0.1) is 0 Å². The van der Waals surface area contributed by atoms with Crippen LogP contribution in [0.3, 0.4) is 0 Å². The van der Waals surface area contributed by atoms with Gasteiger partial charge in [0.05, 0.1) is 27.7 Å². The molecule has 306 valence electrons. The molecule has 0 aromatic rings. The summed E-state index contributed by atoms with van der Waals surface area (Å²) in [6.45, 7) is 4.02. The first-order chi connectivity index (χ1) is 25.5. The largest absolute Gasteiger partial charge is 0.756 e. The van der Waals surface area contributed by atoms with Crippen molar-refractivity contribution in [3.8, 4) is 0 Å². The van der Waals surface area contributed by atoms with E-state index in [0.717, 1.165) is 57.8 Å². The lowest BCUT2D eigenvalue weighted by atomic mass is 10.0. The molecule has 0 radical (unpaired) electrons. The van der Waals surface area contributed by atoms with Crippen molar-refractivity contribution in [2.45, 2.75) is 155 Å². The number of carbonyl (C=O) groups excluding carboxylic acids is 2. The summed E-state index contributed by atoms with van der Waals surface area (Å²) in [5.74, 6) is -0.907. The SMILES string of the molecule is CC/C=C/C/C=C/C/C=C/C/C=C/C/C=C/CCCC(=O)OC[C@@H](COP(=O)([O-])OCC[N+](C)(C)C)OC(=O)CCCCCCCCCCCCCC. The van der Waals surface area contributed by atoms with Crippen LogP contribution in [0.25, 0.3) is 0 Å². The van der Waals surface area contributed by atoms with Crippen LogP contribution in [0.4, 0.5) is 0 Å². The Labute approximate surface area is 324 Å². The van der Waals surface area contributed by atoms with Crippen LogP contribution in [0.1, 0.15) is 149 Å². The molecule has 1 unspecified atom stereocenters. The number of ether oxygens (including phenoxy) is 2. The number of quaternary nitrogens is 1. The molecule has 10 heteroatoms. The van der Waals surface area contributed by atoms with Crippen LogP contribution >= 0.6 is 7.82 Å². The Balaban J connectivity index is 4.50. The molecule has 0 rings (SSSR count). The predicted octanol–water partition coefficient (Wildman–Crippen LogP) is 10.7. The minimum absolute atomic E-state index is 0.0411. The van der Waals surface area contributed by atoms with Gasteiger partial charge in [0.2, 0.25) is 0 Å². The summed E-state index contributed by atoms with van der Waals surface area (Å²) in [7, 11) is 1.13. The number of nitrogens with zero attached hydrogens (tertiary/aromatic N) is 1. The molecule has 0 heterocycles. The topological polar surface area (TPSA) is 111 Å². The number of likely N-dealkylation sites (N-methyl/N-ethyl adjacent to an activating group) is 1. The van der Waals surface area contributed by atoms with Gasteiger partial charge in [-0.25, -0.2) is 0 Å². The Bertz CT molecular complexity index is 1090. The van der Waals surface area contributed by atoms with Crippen LogP contribution in [0.15, 0.2) is 60.8 Å². The highest BCUT2D eigenvalue weighted by molar-refractivity contribution is 7.45. The fourth-order valence-corrected chi connectivity index (χ4v) is 5.83. The van der Waals surface area contributed by atoms with Crippen molar-refractivity contribution in [2.75, 3.05) is 47.5 Å². The zero-order valence-corrected chi connectivity index (χ0v) is 35.1. The third kappa shape index (κ3) is 39.2. The van der Waals surface area contributed by atoms with E-state index in [9.17, 15) is 19.0 Å². The number of phosphoric acid groups is 1. The van der Waals surface area contributed by atoms with Gasteiger partial charge in [0.1, 0.15) is 19.8 Å². The molecule has 9 nitrogen and oxygen atoms in total. The van der Waals surface area contributed by atoms with Crippen LogP contribution in [-0.4, -0.2) is 70.0 Å². The number of esters is 2. The van der Waals surface area contributed by atoms with Crippen molar-refractivity contribution in [2.24, 2.45) is 0 Å². The molecule has 0 aliphatic carbocycles. The quantitative estimate of drug-likeness (QED) is 0.0204.